The molecule has 31 heavy (non-hydrogen) atoms. The second-order valence-electron chi connectivity index (χ2n) is 7.67. The van der Waals surface area contributed by atoms with E-state index in [4.69, 9.17) is 9.47 Å². The smallest absolute Gasteiger partial charge is 0.338 e. The Kier molecular flexibility index (Phi) is 7.00. The van der Waals surface area contributed by atoms with Crippen LogP contribution in [0.5, 0.6) is 5.75 Å². The van der Waals surface area contributed by atoms with Gasteiger partial charge in [0.25, 0.3) is 0 Å². The van der Waals surface area contributed by atoms with Gasteiger partial charge in [0.15, 0.2) is 0 Å². The van der Waals surface area contributed by atoms with Crippen LogP contribution in [0.25, 0.3) is 0 Å². The van der Waals surface area contributed by atoms with E-state index in [1.165, 1.54) is 4.90 Å². The number of amides is 2. The second-order valence-corrected chi connectivity index (χ2v) is 7.67. The Morgan fingerprint density at radius 2 is 1.90 bits per heavy atom. The highest BCUT2D eigenvalue weighted by Gasteiger charge is 2.37. The van der Waals surface area contributed by atoms with Crippen LogP contribution in [0, 0.1) is 13.8 Å². The van der Waals surface area contributed by atoms with E-state index in [0.717, 1.165) is 28.7 Å². The van der Waals surface area contributed by atoms with Gasteiger partial charge in [0.2, 0.25) is 0 Å². The average Bonchev–Trinajstić information content (AvgIpc) is 2.76. The number of carbonyl (C=O) groups is 2. The molecule has 6 heteroatoms. The SMILES string of the molecule is CCOC(=O)C1=C(COc2cccc(CC)c2)N(C)C(=O)N[C@H]1c1cc(C)ccc1C. The maximum atomic E-state index is 13.0. The molecule has 1 aliphatic rings. The molecule has 6 nitrogen and oxygen atoms in total. The Morgan fingerprint density at radius 3 is 2.61 bits per heavy atom. The summed E-state index contributed by atoms with van der Waals surface area (Å²) in [6.07, 6.45) is 0.894. The summed E-state index contributed by atoms with van der Waals surface area (Å²) in [6.45, 7) is 8.11. The largest absolute Gasteiger partial charge is 0.487 e. The van der Waals surface area contributed by atoms with Crippen LogP contribution in [0.1, 0.15) is 42.1 Å². The number of benzene rings is 2. The number of esters is 1. The summed E-state index contributed by atoms with van der Waals surface area (Å²) in [6, 6.07) is 12.9. The topological polar surface area (TPSA) is 67.9 Å². The summed E-state index contributed by atoms with van der Waals surface area (Å²) in [4.78, 5) is 27.3. The van der Waals surface area contributed by atoms with Crippen LogP contribution in [0.15, 0.2) is 53.7 Å². The predicted molar refractivity (Wildman–Crippen MR) is 120 cm³/mol. The van der Waals surface area contributed by atoms with Crippen molar-refractivity contribution in [2.75, 3.05) is 20.3 Å². The standard InChI is InChI=1S/C25H30N2O4/c1-6-18-9-8-10-19(14-18)31-15-21-22(24(28)30-7-2)23(26-25(29)27(21)5)20-13-16(3)11-12-17(20)4/h8-14,23H,6-7,15H2,1-5H3,(H,26,29)/t23-/m0/s1. The van der Waals surface area contributed by atoms with E-state index in [0.29, 0.717) is 17.0 Å². The van der Waals surface area contributed by atoms with Crippen molar-refractivity contribution in [2.45, 2.75) is 40.2 Å². The number of hydrogen-bond acceptors (Lipinski definition) is 4. The van der Waals surface area contributed by atoms with E-state index in [-0.39, 0.29) is 19.2 Å². The Bertz CT molecular complexity index is 1010. The van der Waals surface area contributed by atoms with Crippen molar-refractivity contribution in [1.82, 2.24) is 10.2 Å². The van der Waals surface area contributed by atoms with Gasteiger partial charge in [-0.2, -0.15) is 0 Å². The molecule has 2 amide bonds. The van der Waals surface area contributed by atoms with Crippen LogP contribution in [-0.4, -0.2) is 37.2 Å². The van der Waals surface area contributed by atoms with Gasteiger partial charge in [0, 0.05) is 7.05 Å². The van der Waals surface area contributed by atoms with E-state index in [1.807, 2.05) is 56.3 Å². The lowest BCUT2D eigenvalue weighted by molar-refractivity contribution is -0.139. The van der Waals surface area contributed by atoms with Gasteiger partial charge in [0.05, 0.1) is 23.9 Å². The molecule has 3 rings (SSSR count). The number of likely N-dealkylation sites (N-methyl/N-ethyl adjacent to an activating group) is 1. The molecular formula is C25H30N2O4. The Morgan fingerprint density at radius 1 is 1.13 bits per heavy atom. The van der Waals surface area contributed by atoms with Crippen molar-refractivity contribution in [1.29, 1.82) is 0 Å². The molecule has 1 heterocycles. The van der Waals surface area contributed by atoms with Crippen LogP contribution in [-0.2, 0) is 16.0 Å². The summed E-state index contributed by atoms with van der Waals surface area (Å²) in [7, 11) is 1.63. The second kappa shape index (κ2) is 9.69. The van der Waals surface area contributed by atoms with Gasteiger partial charge < -0.3 is 14.8 Å². The maximum Gasteiger partial charge on any atom is 0.338 e. The van der Waals surface area contributed by atoms with Crippen molar-refractivity contribution >= 4 is 12.0 Å². The molecule has 1 aliphatic heterocycles. The van der Waals surface area contributed by atoms with E-state index >= 15 is 0 Å². The van der Waals surface area contributed by atoms with Crippen LogP contribution in [0.4, 0.5) is 4.79 Å². The van der Waals surface area contributed by atoms with Crippen LogP contribution in [0.2, 0.25) is 0 Å². The summed E-state index contributed by atoms with van der Waals surface area (Å²) in [5.41, 5.74) is 4.94. The highest BCUT2D eigenvalue weighted by molar-refractivity contribution is 5.95. The number of urea groups is 1. The number of ether oxygens (including phenoxy) is 2. The van der Waals surface area contributed by atoms with Gasteiger partial charge in [-0.15, -0.1) is 0 Å². The zero-order valence-electron chi connectivity index (χ0n) is 18.8. The molecule has 0 spiro atoms. The summed E-state index contributed by atoms with van der Waals surface area (Å²) >= 11 is 0. The molecule has 0 saturated heterocycles. The third-order valence-corrected chi connectivity index (χ3v) is 5.50. The van der Waals surface area contributed by atoms with Crippen LogP contribution < -0.4 is 10.1 Å². The molecule has 1 atom stereocenters. The minimum Gasteiger partial charge on any atom is -0.487 e. The van der Waals surface area contributed by atoms with Gasteiger partial charge in [-0.05, 0) is 56.0 Å². The summed E-state index contributed by atoms with van der Waals surface area (Å²) < 4.78 is 11.4. The Labute approximate surface area is 183 Å². The molecule has 0 unspecified atom stereocenters. The fraction of sp³-hybridized carbons (Fsp3) is 0.360. The summed E-state index contributed by atoms with van der Waals surface area (Å²) in [5, 5.41) is 2.96. The first kappa shape index (κ1) is 22.4. The Hall–Kier alpha value is -3.28. The molecule has 0 aliphatic carbocycles. The zero-order valence-corrected chi connectivity index (χ0v) is 18.8. The molecule has 0 aromatic heterocycles. The molecule has 0 bridgehead atoms. The molecule has 2 aromatic rings. The lowest BCUT2D eigenvalue weighted by Crippen LogP contribution is -2.48. The zero-order chi connectivity index (χ0) is 22.5. The molecular weight excluding hydrogens is 392 g/mol. The molecule has 0 saturated carbocycles. The molecule has 0 fully saturated rings. The number of nitrogens with zero attached hydrogens (tertiary/aromatic N) is 1. The van der Waals surface area contributed by atoms with Crippen LogP contribution in [0.3, 0.4) is 0 Å². The molecule has 0 radical (unpaired) electrons. The van der Waals surface area contributed by atoms with E-state index < -0.39 is 12.0 Å². The number of hydrogen-bond donors (Lipinski definition) is 1. The van der Waals surface area contributed by atoms with Crippen molar-refractivity contribution in [3.8, 4) is 5.75 Å². The minimum absolute atomic E-state index is 0.0760. The lowest BCUT2D eigenvalue weighted by Gasteiger charge is -2.35. The van der Waals surface area contributed by atoms with Gasteiger partial charge >= 0.3 is 12.0 Å². The average molecular weight is 423 g/mol. The van der Waals surface area contributed by atoms with Crippen molar-refractivity contribution in [3.05, 3.63) is 76.0 Å². The minimum atomic E-state index is -0.608. The number of carbonyl (C=O) groups excluding carboxylic acids is 2. The first-order valence-corrected chi connectivity index (χ1v) is 10.6. The van der Waals surface area contributed by atoms with E-state index in [1.54, 1.807) is 14.0 Å². The van der Waals surface area contributed by atoms with Gasteiger partial charge in [0.1, 0.15) is 12.4 Å². The van der Waals surface area contributed by atoms with Crippen molar-refractivity contribution in [2.24, 2.45) is 0 Å². The van der Waals surface area contributed by atoms with Crippen molar-refractivity contribution in [3.63, 3.8) is 0 Å². The summed E-state index contributed by atoms with van der Waals surface area (Å²) in [5.74, 6) is 0.235. The fourth-order valence-corrected chi connectivity index (χ4v) is 3.69. The first-order valence-electron chi connectivity index (χ1n) is 10.6. The highest BCUT2D eigenvalue weighted by Crippen LogP contribution is 2.33. The first-order chi connectivity index (χ1) is 14.8. The monoisotopic (exact) mass is 422 g/mol. The lowest BCUT2D eigenvalue weighted by atomic mass is 9.90. The quantitative estimate of drug-likeness (QED) is 0.669. The third-order valence-electron chi connectivity index (χ3n) is 5.50. The van der Waals surface area contributed by atoms with Crippen LogP contribution >= 0.6 is 0 Å². The van der Waals surface area contributed by atoms with Gasteiger partial charge in [-0.1, -0.05) is 42.8 Å². The van der Waals surface area contributed by atoms with E-state index in [2.05, 4.69) is 12.2 Å². The Balaban J connectivity index is 2.06. The van der Waals surface area contributed by atoms with Gasteiger partial charge in [-0.25, -0.2) is 9.59 Å². The maximum absolute atomic E-state index is 13.0. The fourth-order valence-electron chi connectivity index (χ4n) is 3.69. The molecule has 164 valence electrons. The molecule has 1 N–H and O–H groups in total. The predicted octanol–water partition coefficient (Wildman–Crippen LogP) is 4.46. The third kappa shape index (κ3) is 4.90. The highest BCUT2D eigenvalue weighted by atomic mass is 16.5. The van der Waals surface area contributed by atoms with Crippen molar-refractivity contribution < 1.29 is 19.1 Å². The number of aryl methyl sites for hydroxylation is 3. The number of nitrogens with one attached hydrogen (secondary N) is 1. The van der Waals surface area contributed by atoms with E-state index in [9.17, 15) is 9.59 Å². The number of rotatable bonds is 7. The van der Waals surface area contributed by atoms with Gasteiger partial charge in [-0.3, -0.25) is 4.90 Å². The normalized spacial score (nSPS) is 16.2. The molecule has 2 aromatic carbocycles.